The molecular formula is C13H11NO4. The number of nitrogens with zero attached hydrogens (tertiary/aromatic N) is 1. The lowest BCUT2D eigenvalue weighted by Crippen LogP contribution is -1.94. The van der Waals surface area contributed by atoms with E-state index in [0.29, 0.717) is 5.56 Å². The van der Waals surface area contributed by atoms with Crippen molar-refractivity contribution in [2.75, 3.05) is 7.11 Å². The molecule has 0 atom stereocenters. The standard InChI is InChI=1S/C13H11NO4/c1-18-13-10(9-5-3-2-4-6-9)7-8-11(12(13)15)14(16)17/h2-8,15H,1H3. The molecule has 18 heavy (non-hydrogen) atoms. The molecular weight excluding hydrogens is 234 g/mol. The summed E-state index contributed by atoms with van der Waals surface area (Å²) in [5.74, 6) is -0.348. The molecule has 0 aliphatic heterocycles. The monoisotopic (exact) mass is 245 g/mol. The van der Waals surface area contributed by atoms with E-state index in [1.54, 1.807) is 6.07 Å². The summed E-state index contributed by atoms with van der Waals surface area (Å²) in [5.41, 5.74) is 1.06. The zero-order chi connectivity index (χ0) is 13.1. The molecule has 0 amide bonds. The molecule has 0 saturated carbocycles. The maximum atomic E-state index is 10.7. The molecule has 5 heteroatoms. The lowest BCUT2D eigenvalue weighted by Gasteiger charge is -2.10. The molecule has 0 radical (unpaired) electrons. The highest BCUT2D eigenvalue weighted by Gasteiger charge is 2.21. The van der Waals surface area contributed by atoms with Crippen LogP contribution in [0.15, 0.2) is 42.5 Å². The number of nitro groups is 1. The first-order valence-electron chi connectivity index (χ1n) is 5.25. The second-order valence-corrected chi connectivity index (χ2v) is 3.64. The molecule has 2 rings (SSSR count). The van der Waals surface area contributed by atoms with Gasteiger partial charge in [-0.2, -0.15) is 0 Å². The predicted octanol–water partition coefficient (Wildman–Crippen LogP) is 2.98. The highest BCUT2D eigenvalue weighted by atomic mass is 16.6. The normalized spacial score (nSPS) is 10.1. The molecule has 0 aromatic heterocycles. The van der Waals surface area contributed by atoms with Crippen LogP contribution in [0.3, 0.4) is 0 Å². The minimum Gasteiger partial charge on any atom is -0.499 e. The molecule has 0 heterocycles. The second-order valence-electron chi connectivity index (χ2n) is 3.64. The van der Waals surface area contributed by atoms with Gasteiger partial charge in [0.15, 0.2) is 5.75 Å². The van der Waals surface area contributed by atoms with Crippen molar-refractivity contribution >= 4 is 5.69 Å². The number of hydrogen-bond donors (Lipinski definition) is 1. The van der Waals surface area contributed by atoms with Gasteiger partial charge in [0.05, 0.1) is 12.0 Å². The number of benzene rings is 2. The van der Waals surface area contributed by atoms with Crippen LogP contribution in [0, 0.1) is 10.1 Å². The van der Waals surface area contributed by atoms with E-state index in [1.807, 2.05) is 30.3 Å². The first-order chi connectivity index (χ1) is 8.65. The summed E-state index contributed by atoms with van der Waals surface area (Å²) >= 11 is 0. The van der Waals surface area contributed by atoms with Gasteiger partial charge in [0.2, 0.25) is 5.75 Å². The van der Waals surface area contributed by atoms with Crippen molar-refractivity contribution in [2.45, 2.75) is 0 Å². The summed E-state index contributed by atoms with van der Waals surface area (Å²) in [7, 11) is 1.37. The van der Waals surface area contributed by atoms with Gasteiger partial charge in [-0.1, -0.05) is 30.3 Å². The number of phenols is 1. The molecule has 0 aliphatic carbocycles. The largest absolute Gasteiger partial charge is 0.499 e. The Balaban J connectivity index is 2.64. The molecule has 0 saturated heterocycles. The van der Waals surface area contributed by atoms with Gasteiger partial charge in [0.1, 0.15) is 0 Å². The summed E-state index contributed by atoms with van der Waals surface area (Å²) in [6.07, 6.45) is 0. The molecule has 0 fully saturated rings. The second kappa shape index (κ2) is 4.75. The minimum atomic E-state index is -0.646. The van der Waals surface area contributed by atoms with Crippen molar-refractivity contribution in [1.82, 2.24) is 0 Å². The molecule has 92 valence electrons. The molecule has 5 nitrogen and oxygen atoms in total. The highest BCUT2D eigenvalue weighted by Crippen LogP contribution is 2.42. The maximum Gasteiger partial charge on any atom is 0.314 e. The molecule has 0 unspecified atom stereocenters. The Bertz CT molecular complexity index is 581. The van der Waals surface area contributed by atoms with Crippen LogP contribution < -0.4 is 4.74 Å². The van der Waals surface area contributed by atoms with E-state index in [1.165, 1.54) is 13.2 Å². The molecule has 2 aromatic rings. The zero-order valence-electron chi connectivity index (χ0n) is 9.66. The number of aromatic hydroxyl groups is 1. The van der Waals surface area contributed by atoms with E-state index in [-0.39, 0.29) is 11.4 Å². The number of rotatable bonds is 3. The maximum absolute atomic E-state index is 10.7. The number of hydrogen-bond acceptors (Lipinski definition) is 4. The lowest BCUT2D eigenvalue weighted by atomic mass is 10.0. The van der Waals surface area contributed by atoms with Crippen molar-refractivity contribution in [3.05, 3.63) is 52.6 Å². The van der Waals surface area contributed by atoms with Crippen LogP contribution >= 0.6 is 0 Å². The molecule has 0 spiro atoms. The van der Waals surface area contributed by atoms with E-state index in [2.05, 4.69) is 0 Å². The predicted molar refractivity (Wildman–Crippen MR) is 66.7 cm³/mol. The van der Waals surface area contributed by atoms with Crippen LogP contribution in [0.4, 0.5) is 5.69 Å². The van der Waals surface area contributed by atoms with Gasteiger partial charge in [-0.05, 0) is 11.6 Å². The number of phenolic OH excluding ortho intramolecular Hbond substituents is 1. The fraction of sp³-hybridized carbons (Fsp3) is 0.0769. The highest BCUT2D eigenvalue weighted by molar-refractivity contribution is 5.77. The Hall–Kier alpha value is -2.56. The Morgan fingerprint density at radius 3 is 2.39 bits per heavy atom. The Morgan fingerprint density at radius 2 is 1.83 bits per heavy atom. The van der Waals surface area contributed by atoms with E-state index < -0.39 is 10.7 Å². The first-order valence-corrected chi connectivity index (χ1v) is 5.25. The minimum absolute atomic E-state index is 0.107. The third-order valence-electron chi connectivity index (χ3n) is 2.60. The lowest BCUT2D eigenvalue weighted by molar-refractivity contribution is -0.385. The van der Waals surface area contributed by atoms with Gasteiger partial charge in [-0.25, -0.2) is 0 Å². The van der Waals surface area contributed by atoms with E-state index >= 15 is 0 Å². The van der Waals surface area contributed by atoms with Gasteiger partial charge in [0.25, 0.3) is 0 Å². The topological polar surface area (TPSA) is 72.6 Å². The van der Waals surface area contributed by atoms with Crippen LogP contribution in [0.1, 0.15) is 0 Å². The first kappa shape index (κ1) is 11.9. The fourth-order valence-corrected chi connectivity index (χ4v) is 1.76. The van der Waals surface area contributed by atoms with Crippen molar-refractivity contribution in [3.8, 4) is 22.6 Å². The summed E-state index contributed by atoms with van der Waals surface area (Å²) in [5, 5.41) is 20.6. The summed E-state index contributed by atoms with van der Waals surface area (Å²) in [4.78, 5) is 10.1. The van der Waals surface area contributed by atoms with Crippen LogP contribution in [-0.2, 0) is 0 Å². The number of ether oxygens (including phenoxy) is 1. The van der Waals surface area contributed by atoms with Crippen LogP contribution in [-0.4, -0.2) is 17.1 Å². The van der Waals surface area contributed by atoms with Crippen molar-refractivity contribution < 1.29 is 14.8 Å². The van der Waals surface area contributed by atoms with E-state index in [0.717, 1.165) is 5.56 Å². The quantitative estimate of drug-likeness (QED) is 0.666. The average Bonchev–Trinajstić information content (AvgIpc) is 2.39. The SMILES string of the molecule is COc1c(-c2ccccc2)ccc([N+](=O)[O-])c1O. The summed E-state index contributed by atoms with van der Waals surface area (Å²) in [6, 6.07) is 12.0. The van der Waals surface area contributed by atoms with Gasteiger partial charge >= 0.3 is 5.69 Å². The molecule has 2 aromatic carbocycles. The number of nitro benzene ring substituents is 1. The fourth-order valence-electron chi connectivity index (χ4n) is 1.76. The van der Waals surface area contributed by atoms with Gasteiger partial charge in [-0.3, -0.25) is 10.1 Å². The Kier molecular flexibility index (Phi) is 3.14. The smallest absolute Gasteiger partial charge is 0.314 e. The van der Waals surface area contributed by atoms with Crippen LogP contribution in [0.2, 0.25) is 0 Å². The van der Waals surface area contributed by atoms with Crippen LogP contribution in [0.5, 0.6) is 11.5 Å². The summed E-state index contributed by atoms with van der Waals surface area (Å²) < 4.78 is 5.07. The average molecular weight is 245 g/mol. The Labute approximate surface area is 103 Å². The third-order valence-corrected chi connectivity index (χ3v) is 2.60. The van der Waals surface area contributed by atoms with Crippen molar-refractivity contribution in [2.24, 2.45) is 0 Å². The number of methoxy groups -OCH3 is 1. The van der Waals surface area contributed by atoms with Gasteiger partial charge in [-0.15, -0.1) is 0 Å². The van der Waals surface area contributed by atoms with Gasteiger partial charge in [0, 0.05) is 11.6 Å². The van der Waals surface area contributed by atoms with E-state index in [9.17, 15) is 15.2 Å². The van der Waals surface area contributed by atoms with Crippen LogP contribution in [0.25, 0.3) is 11.1 Å². The van der Waals surface area contributed by atoms with Crippen molar-refractivity contribution in [1.29, 1.82) is 0 Å². The van der Waals surface area contributed by atoms with Gasteiger partial charge < -0.3 is 9.84 Å². The Morgan fingerprint density at radius 1 is 1.17 bits per heavy atom. The van der Waals surface area contributed by atoms with Crippen molar-refractivity contribution in [3.63, 3.8) is 0 Å². The third kappa shape index (κ3) is 1.98. The molecule has 0 aliphatic rings. The summed E-state index contributed by atoms with van der Waals surface area (Å²) in [6.45, 7) is 0. The zero-order valence-corrected chi connectivity index (χ0v) is 9.66. The molecule has 0 bridgehead atoms. The molecule has 1 N–H and O–H groups in total. The van der Waals surface area contributed by atoms with E-state index in [4.69, 9.17) is 4.74 Å².